The molecular weight excluding hydrogens is 373 g/mol. The van der Waals surface area contributed by atoms with Crippen LogP contribution in [0.1, 0.15) is 24.7 Å². The van der Waals surface area contributed by atoms with Gasteiger partial charge in [0.2, 0.25) is 11.7 Å². The summed E-state index contributed by atoms with van der Waals surface area (Å²) < 4.78 is 70.1. The number of fused-ring (bicyclic) bond motifs is 1. The summed E-state index contributed by atoms with van der Waals surface area (Å²) in [7, 11) is 1.50. The number of imidazole rings is 1. The molecule has 0 spiro atoms. The number of hydrogen-bond donors (Lipinski definition) is 0. The van der Waals surface area contributed by atoms with Crippen molar-refractivity contribution < 1.29 is 22.0 Å². The molecular formula is C16H16F5N5O. The van der Waals surface area contributed by atoms with Crippen molar-refractivity contribution in [3.63, 3.8) is 0 Å². The Morgan fingerprint density at radius 2 is 1.81 bits per heavy atom. The molecule has 0 bridgehead atoms. The van der Waals surface area contributed by atoms with Gasteiger partial charge in [0.05, 0.1) is 11.8 Å². The van der Waals surface area contributed by atoms with E-state index in [0.29, 0.717) is 5.69 Å². The van der Waals surface area contributed by atoms with Crippen molar-refractivity contribution in [2.45, 2.75) is 38.9 Å². The molecule has 0 atom stereocenters. The topological polar surface area (TPSA) is 57.1 Å². The lowest BCUT2D eigenvalue weighted by Gasteiger charge is -2.11. The first-order valence-corrected chi connectivity index (χ1v) is 7.95. The maximum atomic E-state index is 13.5. The lowest BCUT2D eigenvalue weighted by atomic mass is 10.1. The molecule has 3 aromatic heterocycles. The van der Waals surface area contributed by atoms with Gasteiger partial charge in [0.25, 0.3) is 5.56 Å². The smallest absolute Gasteiger partial charge is 0.317 e. The molecule has 0 aliphatic rings. The van der Waals surface area contributed by atoms with Crippen molar-refractivity contribution >= 4 is 5.78 Å². The SMILES string of the molecule is Cc1cn2c(=O)c(-c3cnn(CCC(C)(F)F)c3)c(C(F)(F)F)nc2n1C. The van der Waals surface area contributed by atoms with Crippen molar-refractivity contribution in [3.05, 3.63) is 40.3 Å². The fraction of sp³-hybridized carbons (Fsp3) is 0.438. The first-order chi connectivity index (χ1) is 12.4. The Bertz CT molecular complexity index is 1050. The van der Waals surface area contributed by atoms with E-state index in [9.17, 15) is 26.7 Å². The summed E-state index contributed by atoms with van der Waals surface area (Å²) in [6, 6.07) is 0. The Labute approximate surface area is 149 Å². The summed E-state index contributed by atoms with van der Waals surface area (Å²) in [6.07, 6.45) is -1.84. The number of nitrogens with zero attached hydrogens (tertiary/aromatic N) is 5. The number of hydrogen-bond acceptors (Lipinski definition) is 3. The zero-order chi connectivity index (χ0) is 20.1. The van der Waals surface area contributed by atoms with Gasteiger partial charge in [-0.3, -0.25) is 13.9 Å². The van der Waals surface area contributed by atoms with Crippen LogP contribution in [0.3, 0.4) is 0 Å². The summed E-state index contributed by atoms with van der Waals surface area (Å²) in [5.74, 6) is -3.09. The fourth-order valence-corrected chi connectivity index (χ4v) is 2.70. The highest BCUT2D eigenvalue weighted by Gasteiger charge is 2.38. The first-order valence-electron chi connectivity index (χ1n) is 7.95. The van der Waals surface area contributed by atoms with Gasteiger partial charge in [-0.05, 0) is 13.8 Å². The van der Waals surface area contributed by atoms with Crippen LogP contribution in [0, 0.1) is 6.92 Å². The predicted octanol–water partition coefficient (Wildman–Crippen LogP) is 3.27. The molecule has 0 saturated carbocycles. The Morgan fingerprint density at radius 1 is 1.15 bits per heavy atom. The lowest BCUT2D eigenvalue weighted by Crippen LogP contribution is -2.23. The van der Waals surface area contributed by atoms with Crippen LogP contribution in [-0.2, 0) is 19.8 Å². The van der Waals surface area contributed by atoms with Gasteiger partial charge in [0, 0.05) is 43.7 Å². The monoisotopic (exact) mass is 389 g/mol. The third-order valence-electron chi connectivity index (χ3n) is 4.21. The highest BCUT2D eigenvalue weighted by molar-refractivity contribution is 5.65. The van der Waals surface area contributed by atoms with E-state index in [1.807, 2.05) is 0 Å². The highest BCUT2D eigenvalue weighted by Crippen LogP contribution is 2.34. The minimum Gasteiger partial charge on any atom is -0.317 e. The van der Waals surface area contributed by atoms with Crippen LogP contribution in [0.2, 0.25) is 0 Å². The van der Waals surface area contributed by atoms with E-state index in [1.165, 1.54) is 17.8 Å². The van der Waals surface area contributed by atoms with Crippen molar-refractivity contribution in [3.8, 4) is 11.1 Å². The number of aryl methyl sites for hydroxylation is 3. The molecule has 0 aromatic carbocycles. The standard InChI is InChI=1S/C16H16F5N5O/c1-9-7-26-13(27)11(12(16(19,20)21)23-14(26)24(9)3)10-6-22-25(8-10)5-4-15(2,17)18/h6-8H,4-5H2,1-3H3. The van der Waals surface area contributed by atoms with Crippen LogP contribution in [0.15, 0.2) is 23.4 Å². The van der Waals surface area contributed by atoms with E-state index in [2.05, 4.69) is 10.1 Å². The Balaban J connectivity index is 2.18. The van der Waals surface area contributed by atoms with E-state index in [4.69, 9.17) is 0 Å². The van der Waals surface area contributed by atoms with Crippen LogP contribution in [-0.4, -0.2) is 29.7 Å². The normalized spacial score (nSPS) is 12.9. The molecule has 0 aliphatic heterocycles. The molecule has 11 heteroatoms. The van der Waals surface area contributed by atoms with E-state index in [1.54, 1.807) is 6.92 Å². The largest absolute Gasteiger partial charge is 0.434 e. The first kappa shape index (κ1) is 19.1. The van der Waals surface area contributed by atoms with Crippen LogP contribution in [0.4, 0.5) is 22.0 Å². The molecule has 0 unspecified atom stereocenters. The number of alkyl halides is 5. The molecule has 6 nitrogen and oxygen atoms in total. The van der Waals surface area contributed by atoms with Crippen molar-refractivity contribution in [1.29, 1.82) is 0 Å². The van der Waals surface area contributed by atoms with Gasteiger partial charge in [-0.15, -0.1) is 0 Å². The summed E-state index contributed by atoms with van der Waals surface area (Å²) >= 11 is 0. The van der Waals surface area contributed by atoms with Crippen molar-refractivity contribution in [2.24, 2.45) is 7.05 Å². The van der Waals surface area contributed by atoms with Crippen molar-refractivity contribution in [2.75, 3.05) is 0 Å². The third kappa shape index (κ3) is 3.58. The number of aromatic nitrogens is 5. The van der Waals surface area contributed by atoms with Crippen LogP contribution >= 0.6 is 0 Å². The molecule has 3 rings (SSSR count). The van der Waals surface area contributed by atoms with Gasteiger partial charge in [-0.25, -0.2) is 13.8 Å². The molecule has 3 aromatic rings. The van der Waals surface area contributed by atoms with Gasteiger partial charge in [-0.1, -0.05) is 0 Å². The quantitative estimate of drug-likeness (QED) is 0.644. The van der Waals surface area contributed by atoms with Crippen LogP contribution in [0.25, 0.3) is 16.9 Å². The summed E-state index contributed by atoms with van der Waals surface area (Å²) in [6.45, 7) is 2.16. The van der Waals surface area contributed by atoms with Crippen molar-refractivity contribution in [1.82, 2.24) is 23.7 Å². The molecule has 0 saturated heterocycles. The second-order valence-electron chi connectivity index (χ2n) is 6.45. The molecule has 0 aliphatic carbocycles. The molecule has 0 amide bonds. The zero-order valence-corrected chi connectivity index (χ0v) is 14.7. The van der Waals surface area contributed by atoms with E-state index in [-0.39, 0.29) is 17.9 Å². The highest BCUT2D eigenvalue weighted by atomic mass is 19.4. The van der Waals surface area contributed by atoms with E-state index in [0.717, 1.165) is 28.4 Å². The van der Waals surface area contributed by atoms with E-state index < -0.39 is 35.3 Å². The Kier molecular flexibility index (Phi) is 4.35. The van der Waals surface area contributed by atoms with Gasteiger partial charge >= 0.3 is 6.18 Å². The minimum absolute atomic E-state index is 0.129. The van der Waals surface area contributed by atoms with Gasteiger partial charge in [0.15, 0.2) is 5.69 Å². The van der Waals surface area contributed by atoms with Gasteiger partial charge in [0.1, 0.15) is 0 Å². The number of rotatable bonds is 4. The van der Waals surface area contributed by atoms with Gasteiger partial charge in [-0.2, -0.15) is 18.3 Å². The maximum absolute atomic E-state index is 13.5. The number of halogens is 5. The van der Waals surface area contributed by atoms with E-state index >= 15 is 0 Å². The molecule has 3 heterocycles. The summed E-state index contributed by atoms with van der Waals surface area (Å²) in [5.41, 5.74) is -2.49. The Morgan fingerprint density at radius 3 is 2.41 bits per heavy atom. The second-order valence-corrected chi connectivity index (χ2v) is 6.45. The predicted molar refractivity (Wildman–Crippen MR) is 86.6 cm³/mol. The molecule has 0 fully saturated rings. The average Bonchev–Trinajstić information content (AvgIpc) is 3.10. The van der Waals surface area contributed by atoms with Crippen LogP contribution in [0.5, 0.6) is 0 Å². The molecule has 146 valence electrons. The second kappa shape index (κ2) is 6.17. The van der Waals surface area contributed by atoms with Gasteiger partial charge < -0.3 is 4.57 Å². The average molecular weight is 389 g/mol. The molecule has 0 N–H and O–H groups in total. The fourth-order valence-electron chi connectivity index (χ4n) is 2.70. The summed E-state index contributed by atoms with van der Waals surface area (Å²) in [5, 5.41) is 3.80. The lowest BCUT2D eigenvalue weighted by molar-refractivity contribution is -0.140. The van der Waals surface area contributed by atoms with Crippen LogP contribution < -0.4 is 5.56 Å². The summed E-state index contributed by atoms with van der Waals surface area (Å²) in [4.78, 5) is 16.4. The molecule has 0 radical (unpaired) electrons. The Hall–Kier alpha value is -2.72. The maximum Gasteiger partial charge on any atom is 0.434 e. The molecule has 27 heavy (non-hydrogen) atoms. The minimum atomic E-state index is -4.88. The zero-order valence-electron chi connectivity index (χ0n) is 14.7. The third-order valence-corrected chi connectivity index (χ3v) is 4.21.